The number of anilines is 2. The lowest BCUT2D eigenvalue weighted by atomic mass is 10.2. The number of halogens is 2. The zero-order valence-electron chi connectivity index (χ0n) is 22.4. The van der Waals surface area contributed by atoms with Gasteiger partial charge in [0.25, 0.3) is 5.56 Å². The Morgan fingerprint density at radius 1 is 0.867 bits per heavy atom. The summed E-state index contributed by atoms with van der Waals surface area (Å²) in [4.78, 5) is 51.8. The Hall–Kier alpha value is -3.43. The highest BCUT2D eigenvalue weighted by atomic mass is 31.2. The molecule has 3 aliphatic heterocycles. The van der Waals surface area contributed by atoms with Gasteiger partial charge >= 0.3 is 15.2 Å². The number of nitrogens with two attached hydrogens (primary N) is 2. The molecular formula is C21H23F2N9O11P2. The summed E-state index contributed by atoms with van der Waals surface area (Å²) in [6, 6.07) is 1.47. The van der Waals surface area contributed by atoms with E-state index in [0.717, 1.165) is 21.8 Å². The lowest BCUT2D eigenvalue weighted by Gasteiger charge is -2.25. The zero-order chi connectivity index (χ0) is 31.8. The highest BCUT2D eigenvalue weighted by molar-refractivity contribution is 7.52. The van der Waals surface area contributed by atoms with Gasteiger partial charge in [0.1, 0.15) is 11.6 Å². The fraction of sp³-hybridized carbons (Fsp3) is 0.476. The van der Waals surface area contributed by atoms with Crippen LogP contribution < -0.4 is 17.0 Å². The summed E-state index contributed by atoms with van der Waals surface area (Å²) in [6.07, 6.45) is -14.6. The molecule has 0 amide bonds. The molecule has 7 rings (SSSR count). The molecule has 242 valence electrons. The molecule has 4 aromatic rings. The molecule has 4 unspecified atom stereocenters. The van der Waals surface area contributed by atoms with Crippen LogP contribution in [0, 0.1) is 0 Å². The van der Waals surface area contributed by atoms with Crippen LogP contribution in [0.1, 0.15) is 12.5 Å². The molecule has 24 heteroatoms. The summed E-state index contributed by atoms with van der Waals surface area (Å²) in [7, 11) is -9.90. The molecule has 7 heterocycles. The molecule has 3 fully saturated rings. The van der Waals surface area contributed by atoms with Crippen LogP contribution in [0.2, 0.25) is 0 Å². The lowest BCUT2D eigenvalue weighted by Crippen LogP contribution is -2.33. The van der Waals surface area contributed by atoms with Crippen molar-refractivity contribution >= 4 is 49.2 Å². The van der Waals surface area contributed by atoms with Gasteiger partial charge in [0, 0.05) is 6.20 Å². The van der Waals surface area contributed by atoms with Crippen molar-refractivity contribution in [1.29, 1.82) is 0 Å². The number of aromatic nitrogens is 7. The third-order valence-corrected chi connectivity index (χ3v) is 9.22. The van der Waals surface area contributed by atoms with Crippen molar-refractivity contribution in [2.24, 2.45) is 0 Å². The second-order valence-electron chi connectivity index (χ2n) is 10.2. The van der Waals surface area contributed by atoms with Crippen molar-refractivity contribution in [2.45, 2.75) is 49.6 Å². The number of aromatic amines is 1. The SMILES string of the molecule is Nc1nc2c(ncn2[C@@H]2O[C@@H]3OCP(=O)(O)O[C@@H]4C(F)[C@H](n5cnc6c(N)ccnc65)O[C@@H]4OCP(=O)(O)OC2[C@H]3F)c(=O)[nH]1. The van der Waals surface area contributed by atoms with E-state index in [0.29, 0.717) is 0 Å². The average molecular weight is 677 g/mol. The number of imidazole rings is 2. The number of H-pyrrole nitrogens is 1. The number of hydrogen-bond donors (Lipinski definition) is 5. The van der Waals surface area contributed by atoms with E-state index in [1.165, 1.54) is 12.3 Å². The van der Waals surface area contributed by atoms with Gasteiger partial charge in [0.2, 0.25) is 5.95 Å². The molecule has 3 saturated heterocycles. The highest BCUT2D eigenvalue weighted by Gasteiger charge is 2.55. The summed E-state index contributed by atoms with van der Waals surface area (Å²) in [6.45, 7) is 0. The molecule has 4 aromatic heterocycles. The van der Waals surface area contributed by atoms with Crippen molar-refractivity contribution in [2.75, 3.05) is 24.2 Å². The van der Waals surface area contributed by atoms with Crippen LogP contribution >= 0.6 is 15.2 Å². The number of fused-ring (bicyclic) bond motifs is 5. The Kier molecular flexibility index (Phi) is 7.28. The fourth-order valence-corrected chi connectivity index (χ4v) is 7.16. The normalized spacial score (nSPS) is 37.7. The van der Waals surface area contributed by atoms with Crippen LogP contribution in [0.15, 0.2) is 29.7 Å². The molecule has 0 aromatic carbocycles. The van der Waals surface area contributed by atoms with E-state index in [4.69, 9.17) is 39.5 Å². The predicted molar refractivity (Wildman–Crippen MR) is 143 cm³/mol. The minimum Gasteiger partial charge on any atom is -0.397 e. The third kappa shape index (κ3) is 5.31. The van der Waals surface area contributed by atoms with E-state index in [9.17, 15) is 23.7 Å². The summed E-state index contributed by atoms with van der Waals surface area (Å²) < 4.78 is 92.1. The maximum Gasteiger partial charge on any atom is 0.354 e. The van der Waals surface area contributed by atoms with E-state index in [2.05, 4.69) is 24.9 Å². The quantitative estimate of drug-likeness (QED) is 0.177. The van der Waals surface area contributed by atoms with Crippen molar-refractivity contribution in [1.82, 2.24) is 34.1 Å². The summed E-state index contributed by atoms with van der Waals surface area (Å²) in [5.74, 6) is -0.324. The van der Waals surface area contributed by atoms with E-state index in [-0.39, 0.29) is 34.0 Å². The lowest BCUT2D eigenvalue weighted by molar-refractivity contribution is -0.170. The first-order valence-electron chi connectivity index (χ1n) is 12.9. The second kappa shape index (κ2) is 10.8. The predicted octanol–water partition coefficient (Wildman–Crippen LogP) is 0.218. The first kappa shape index (κ1) is 30.2. The molecule has 10 atom stereocenters. The maximum absolute atomic E-state index is 15.9. The van der Waals surface area contributed by atoms with Crippen LogP contribution in [0.25, 0.3) is 22.3 Å². The van der Waals surface area contributed by atoms with E-state index >= 15 is 8.78 Å². The van der Waals surface area contributed by atoms with Crippen LogP contribution in [0.4, 0.5) is 20.4 Å². The number of hydrogen-bond acceptors (Lipinski definition) is 15. The van der Waals surface area contributed by atoms with Crippen LogP contribution in [-0.4, -0.2) is 93.7 Å². The molecule has 45 heavy (non-hydrogen) atoms. The van der Waals surface area contributed by atoms with Gasteiger partial charge in [-0.05, 0) is 6.07 Å². The van der Waals surface area contributed by atoms with Gasteiger partial charge in [-0.25, -0.2) is 23.7 Å². The number of alkyl halides is 2. The number of nitrogen functional groups attached to an aromatic ring is 2. The van der Waals surface area contributed by atoms with Gasteiger partial charge in [-0.1, -0.05) is 0 Å². The minimum absolute atomic E-state index is 0.0992. The van der Waals surface area contributed by atoms with Crippen molar-refractivity contribution in [3.63, 3.8) is 0 Å². The first-order chi connectivity index (χ1) is 21.3. The van der Waals surface area contributed by atoms with Crippen molar-refractivity contribution in [3.05, 3.63) is 35.3 Å². The highest BCUT2D eigenvalue weighted by Crippen LogP contribution is 2.53. The Bertz CT molecular complexity index is 1940. The largest absolute Gasteiger partial charge is 0.397 e. The van der Waals surface area contributed by atoms with E-state index < -0.39 is 83.0 Å². The molecule has 3 aliphatic rings. The third-order valence-electron chi connectivity index (χ3n) is 7.12. The number of nitrogens with zero attached hydrogens (tertiary/aromatic N) is 6. The van der Waals surface area contributed by atoms with Gasteiger partial charge in [-0.15, -0.1) is 0 Å². The van der Waals surface area contributed by atoms with Crippen LogP contribution in [-0.2, 0) is 37.1 Å². The maximum atomic E-state index is 15.9. The molecule has 0 aliphatic carbocycles. The number of ether oxygens (including phenoxy) is 4. The Morgan fingerprint density at radius 2 is 1.49 bits per heavy atom. The molecule has 0 radical (unpaired) electrons. The summed E-state index contributed by atoms with van der Waals surface area (Å²) >= 11 is 0. The van der Waals surface area contributed by atoms with Crippen LogP contribution in [0.5, 0.6) is 0 Å². The first-order valence-corrected chi connectivity index (χ1v) is 16.5. The molecular weight excluding hydrogens is 654 g/mol. The van der Waals surface area contributed by atoms with Gasteiger partial charge in [0.15, 0.2) is 73.0 Å². The number of pyridine rings is 1. The van der Waals surface area contributed by atoms with E-state index in [1.54, 1.807) is 0 Å². The minimum atomic E-state index is -4.96. The Balaban J connectivity index is 1.21. The zero-order valence-corrected chi connectivity index (χ0v) is 24.2. The standard InChI is InChI=1S/C21H23F2N9O11P2/c22-8-13-20(40-17(8)31-3-27-10-7(24)1-2-26-14(10)31)39-6-44(34,35)42-12-9(23)19(38-5-45(36,37)43-13)41-18(12)32-4-28-11-15(32)29-21(25)30-16(11)33/h1-4,8-9,12-13,17-20H,5-6H2,(H2,24,26)(H,34,35)(H,36,37)(H3,25,29,30,33)/t8?,9-,12?,13-,17-,18-,19+,20+/m1/s1. The van der Waals surface area contributed by atoms with Gasteiger partial charge < -0.3 is 40.2 Å². The number of nitrogens with one attached hydrogen (secondary N) is 1. The Labute approximate surface area is 248 Å². The van der Waals surface area contributed by atoms with Gasteiger partial charge in [-0.2, -0.15) is 4.98 Å². The molecule has 0 saturated carbocycles. The van der Waals surface area contributed by atoms with Gasteiger partial charge in [0.05, 0.1) is 18.3 Å². The van der Waals surface area contributed by atoms with Crippen molar-refractivity contribution in [3.8, 4) is 0 Å². The average Bonchev–Trinajstić information content (AvgIpc) is 3.72. The monoisotopic (exact) mass is 677 g/mol. The van der Waals surface area contributed by atoms with E-state index in [1.807, 2.05) is 0 Å². The number of rotatable bonds is 2. The Morgan fingerprint density at radius 3 is 2.22 bits per heavy atom. The topological polar surface area (TPSA) is 276 Å². The molecule has 2 bridgehead atoms. The molecule has 7 N–H and O–H groups in total. The van der Waals surface area contributed by atoms with Crippen LogP contribution in [0.3, 0.4) is 0 Å². The second-order valence-corrected chi connectivity index (χ2v) is 13.7. The summed E-state index contributed by atoms with van der Waals surface area (Å²) in [5, 5.41) is 0. The molecule has 20 nitrogen and oxygen atoms in total. The summed E-state index contributed by atoms with van der Waals surface area (Å²) in [5.41, 5.74) is 10.9. The fourth-order valence-electron chi connectivity index (χ4n) is 5.18. The molecule has 0 spiro atoms. The van der Waals surface area contributed by atoms with Gasteiger partial charge in [-0.3, -0.25) is 37.1 Å². The smallest absolute Gasteiger partial charge is 0.354 e. The van der Waals surface area contributed by atoms with Crippen molar-refractivity contribution < 1.29 is 55.7 Å².